The van der Waals surface area contributed by atoms with E-state index in [1.54, 1.807) is 16.0 Å². The zero-order valence-corrected chi connectivity index (χ0v) is 15.0. The van der Waals surface area contributed by atoms with Crippen molar-refractivity contribution in [2.45, 2.75) is 25.5 Å². The predicted octanol–water partition coefficient (Wildman–Crippen LogP) is 2.75. The number of nitrogens with one attached hydrogen (secondary N) is 1. The maximum atomic E-state index is 12.0. The molecule has 3 rings (SSSR count). The van der Waals surface area contributed by atoms with Gasteiger partial charge in [-0.2, -0.15) is 4.68 Å². The number of hydrogen-bond donors (Lipinski definition) is 1. The third-order valence-electron chi connectivity index (χ3n) is 3.26. The summed E-state index contributed by atoms with van der Waals surface area (Å²) in [5, 5.41) is 17.3. The van der Waals surface area contributed by atoms with E-state index in [0.717, 1.165) is 21.7 Å². The Morgan fingerprint density at radius 1 is 1.29 bits per heavy atom. The fourth-order valence-electron chi connectivity index (χ4n) is 2.28. The summed E-state index contributed by atoms with van der Waals surface area (Å²) in [5.74, 6) is 0.236. The van der Waals surface area contributed by atoms with Crippen LogP contribution in [0.1, 0.15) is 16.0 Å². The maximum absolute atomic E-state index is 12.0. The highest BCUT2D eigenvalue weighted by molar-refractivity contribution is 7.99. The molecule has 0 spiro atoms. The normalized spacial score (nSPS) is 10.8. The Morgan fingerprint density at radius 2 is 2.08 bits per heavy atom. The van der Waals surface area contributed by atoms with Crippen LogP contribution < -0.4 is 5.32 Å². The van der Waals surface area contributed by atoms with Crippen molar-refractivity contribution in [3.05, 3.63) is 51.7 Å². The number of rotatable bonds is 6. The average molecular weight is 359 g/mol. The van der Waals surface area contributed by atoms with Gasteiger partial charge in [-0.05, 0) is 59.0 Å². The number of aryl methyl sites for hydroxylation is 2. The van der Waals surface area contributed by atoms with Crippen LogP contribution in [0.4, 0.5) is 0 Å². The smallest absolute Gasteiger partial charge is 0.230 e. The Kier molecular flexibility index (Phi) is 5.27. The van der Waals surface area contributed by atoms with Crippen molar-refractivity contribution in [2.24, 2.45) is 0 Å². The lowest BCUT2D eigenvalue weighted by atomic mass is 10.1. The number of aromatic nitrogens is 4. The summed E-state index contributed by atoms with van der Waals surface area (Å²) in [6, 6.07) is 10.1. The fourth-order valence-corrected chi connectivity index (χ4v) is 3.65. The van der Waals surface area contributed by atoms with Crippen LogP contribution in [-0.4, -0.2) is 31.9 Å². The monoisotopic (exact) mass is 359 g/mol. The molecule has 1 N–H and O–H groups in total. The van der Waals surface area contributed by atoms with Crippen molar-refractivity contribution in [1.82, 2.24) is 25.5 Å². The molecule has 2 aromatic heterocycles. The molecule has 124 valence electrons. The van der Waals surface area contributed by atoms with Crippen LogP contribution in [0, 0.1) is 13.8 Å². The molecular weight excluding hydrogens is 342 g/mol. The largest absolute Gasteiger partial charge is 0.350 e. The molecule has 3 aromatic rings. The molecule has 6 nitrogen and oxygen atoms in total. The van der Waals surface area contributed by atoms with Gasteiger partial charge in [-0.3, -0.25) is 4.79 Å². The SMILES string of the molecule is Cc1cc(C)cc(-n2nnnc2SCC(=O)NCc2cccs2)c1. The zero-order chi connectivity index (χ0) is 16.9. The summed E-state index contributed by atoms with van der Waals surface area (Å²) in [5.41, 5.74) is 3.19. The summed E-state index contributed by atoms with van der Waals surface area (Å²) in [4.78, 5) is 13.1. The first-order chi connectivity index (χ1) is 11.6. The van der Waals surface area contributed by atoms with Gasteiger partial charge < -0.3 is 5.32 Å². The molecule has 0 aliphatic carbocycles. The zero-order valence-electron chi connectivity index (χ0n) is 13.4. The summed E-state index contributed by atoms with van der Waals surface area (Å²) >= 11 is 2.95. The van der Waals surface area contributed by atoms with E-state index in [4.69, 9.17) is 0 Å². The number of carbonyl (C=O) groups excluding carboxylic acids is 1. The molecule has 0 aliphatic rings. The van der Waals surface area contributed by atoms with Gasteiger partial charge in [-0.15, -0.1) is 16.4 Å². The molecule has 8 heteroatoms. The van der Waals surface area contributed by atoms with Gasteiger partial charge in [0.1, 0.15) is 0 Å². The van der Waals surface area contributed by atoms with Gasteiger partial charge in [0.2, 0.25) is 11.1 Å². The fraction of sp³-hybridized carbons (Fsp3) is 0.250. The first kappa shape index (κ1) is 16.7. The number of thiophene rings is 1. The lowest BCUT2D eigenvalue weighted by molar-refractivity contribution is -0.118. The first-order valence-electron chi connectivity index (χ1n) is 7.41. The topological polar surface area (TPSA) is 72.7 Å². The van der Waals surface area contributed by atoms with Crippen molar-refractivity contribution in [3.8, 4) is 5.69 Å². The van der Waals surface area contributed by atoms with Gasteiger partial charge in [-0.1, -0.05) is 23.9 Å². The van der Waals surface area contributed by atoms with Crippen molar-refractivity contribution >= 4 is 29.0 Å². The molecule has 1 amide bonds. The van der Waals surface area contributed by atoms with Crippen LogP contribution in [0.3, 0.4) is 0 Å². The van der Waals surface area contributed by atoms with E-state index in [1.807, 2.05) is 43.5 Å². The van der Waals surface area contributed by atoms with E-state index in [-0.39, 0.29) is 11.7 Å². The standard InChI is InChI=1S/C16H17N5OS2/c1-11-6-12(2)8-13(7-11)21-16(18-19-20-21)24-10-15(22)17-9-14-4-3-5-23-14/h3-8H,9-10H2,1-2H3,(H,17,22). The van der Waals surface area contributed by atoms with Gasteiger partial charge in [0.15, 0.2) is 0 Å². The van der Waals surface area contributed by atoms with Crippen molar-refractivity contribution in [2.75, 3.05) is 5.75 Å². The van der Waals surface area contributed by atoms with Crippen molar-refractivity contribution in [3.63, 3.8) is 0 Å². The second-order valence-electron chi connectivity index (χ2n) is 5.36. The molecule has 0 saturated carbocycles. The average Bonchev–Trinajstić information content (AvgIpc) is 3.21. The lowest BCUT2D eigenvalue weighted by Gasteiger charge is -2.07. The quantitative estimate of drug-likeness (QED) is 0.685. The van der Waals surface area contributed by atoms with Crippen LogP contribution in [0.2, 0.25) is 0 Å². The second-order valence-corrected chi connectivity index (χ2v) is 7.34. The number of benzene rings is 1. The first-order valence-corrected chi connectivity index (χ1v) is 9.27. The van der Waals surface area contributed by atoms with E-state index in [1.165, 1.54) is 11.8 Å². The minimum Gasteiger partial charge on any atom is -0.350 e. The number of amides is 1. The lowest BCUT2D eigenvalue weighted by Crippen LogP contribution is -2.24. The van der Waals surface area contributed by atoms with Crippen LogP contribution in [0.5, 0.6) is 0 Å². The molecule has 24 heavy (non-hydrogen) atoms. The summed E-state index contributed by atoms with van der Waals surface area (Å²) < 4.78 is 1.66. The number of tetrazole rings is 1. The predicted molar refractivity (Wildman–Crippen MR) is 95.5 cm³/mol. The highest BCUT2D eigenvalue weighted by Gasteiger charge is 2.12. The van der Waals surface area contributed by atoms with E-state index in [2.05, 4.69) is 26.9 Å². The van der Waals surface area contributed by atoms with E-state index >= 15 is 0 Å². The van der Waals surface area contributed by atoms with Gasteiger partial charge in [0.25, 0.3) is 0 Å². The van der Waals surface area contributed by atoms with Crippen LogP contribution >= 0.6 is 23.1 Å². The van der Waals surface area contributed by atoms with Gasteiger partial charge in [-0.25, -0.2) is 0 Å². The van der Waals surface area contributed by atoms with Crippen molar-refractivity contribution < 1.29 is 4.79 Å². The maximum Gasteiger partial charge on any atom is 0.230 e. The Labute approximate surface area is 148 Å². The molecule has 0 atom stereocenters. The third kappa shape index (κ3) is 4.21. The van der Waals surface area contributed by atoms with E-state index < -0.39 is 0 Å². The third-order valence-corrected chi connectivity index (χ3v) is 5.06. The number of carbonyl (C=O) groups is 1. The van der Waals surface area contributed by atoms with Crippen LogP contribution in [0.15, 0.2) is 40.9 Å². The molecule has 0 bridgehead atoms. The summed E-state index contributed by atoms with van der Waals surface area (Å²) in [6.45, 7) is 4.62. The van der Waals surface area contributed by atoms with Crippen LogP contribution in [-0.2, 0) is 11.3 Å². The molecule has 0 saturated heterocycles. The van der Waals surface area contributed by atoms with E-state index in [9.17, 15) is 4.79 Å². The summed E-state index contributed by atoms with van der Waals surface area (Å²) in [6.07, 6.45) is 0. The Morgan fingerprint density at radius 3 is 2.79 bits per heavy atom. The summed E-state index contributed by atoms with van der Waals surface area (Å²) in [7, 11) is 0. The van der Waals surface area contributed by atoms with E-state index in [0.29, 0.717) is 11.7 Å². The molecular formula is C16H17N5OS2. The van der Waals surface area contributed by atoms with Crippen LogP contribution in [0.25, 0.3) is 5.69 Å². The van der Waals surface area contributed by atoms with Gasteiger partial charge in [0.05, 0.1) is 18.0 Å². The van der Waals surface area contributed by atoms with Gasteiger partial charge >= 0.3 is 0 Å². The Hall–Kier alpha value is -2.19. The Balaban J connectivity index is 1.62. The minimum absolute atomic E-state index is 0.0385. The van der Waals surface area contributed by atoms with Crippen molar-refractivity contribution in [1.29, 1.82) is 0 Å². The highest BCUT2D eigenvalue weighted by Crippen LogP contribution is 2.20. The second kappa shape index (κ2) is 7.59. The molecule has 1 aromatic carbocycles. The molecule has 0 radical (unpaired) electrons. The molecule has 0 fully saturated rings. The molecule has 0 aliphatic heterocycles. The molecule has 0 unspecified atom stereocenters. The highest BCUT2D eigenvalue weighted by atomic mass is 32.2. The number of thioether (sulfide) groups is 1. The number of hydrogen-bond acceptors (Lipinski definition) is 6. The molecule has 2 heterocycles. The number of nitrogens with zero attached hydrogens (tertiary/aromatic N) is 4. The Bertz CT molecular complexity index is 809. The van der Waals surface area contributed by atoms with Gasteiger partial charge in [0, 0.05) is 4.88 Å². The minimum atomic E-state index is -0.0385.